The van der Waals surface area contributed by atoms with Crippen molar-refractivity contribution in [2.24, 2.45) is 5.92 Å². The maximum absolute atomic E-state index is 13.3. The predicted octanol–water partition coefficient (Wildman–Crippen LogP) is 4.96. The van der Waals surface area contributed by atoms with Gasteiger partial charge in [-0.1, -0.05) is 12.1 Å². The Labute approximate surface area is 206 Å². The van der Waals surface area contributed by atoms with E-state index in [1.807, 2.05) is 42.2 Å². The van der Waals surface area contributed by atoms with Crippen LogP contribution in [-0.2, 0) is 10.5 Å². The van der Waals surface area contributed by atoms with E-state index in [0.717, 1.165) is 21.3 Å². The quantitative estimate of drug-likeness (QED) is 0.487. The van der Waals surface area contributed by atoms with Gasteiger partial charge < -0.3 is 19.7 Å². The zero-order valence-electron chi connectivity index (χ0n) is 18.8. The molecule has 2 aromatic carbocycles. The van der Waals surface area contributed by atoms with Gasteiger partial charge in [-0.15, -0.1) is 23.1 Å². The van der Waals surface area contributed by atoms with E-state index in [2.05, 4.69) is 15.7 Å². The van der Waals surface area contributed by atoms with E-state index in [4.69, 9.17) is 9.47 Å². The Kier molecular flexibility index (Phi) is 6.73. The summed E-state index contributed by atoms with van der Waals surface area (Å²) in [6.45, 7) is 3.31. The lowest BCUT2D eigenvalue weighted by Gasteiger charge is -2.31. The zero-order valence-corrected chi connectivity index (χ0v) is 20.4. The van der Waals surface area contributed by atoms with Gasteiger partial charge in [0.05, 0.1) is 16.3 Å². The van der Waals surface area contributed by atoms with Crippen molar-refractivity contribution < 1.29 is 19.1 Å². The van der Waals surface area contributed by atoms with Gasteiger partial charge in [0, 0.05) is 46.8 Å². The number of piperidine rings is 1. The number of fused-ring (bicyclic) bond motifs is 1. The lowest BCUT2D eigenvalue weighted by Crippen LogP contribution is -2.41. The summed E-state index contributed by atoms with van der Waals surface area (Å²) in [5.74, 6) is 1.92. The minimum Gasteiger partial charge on any atom is -0.454 e. The highest BCUT2D eigenvalue weighted by molar-refractivity contribution is 7.98. The molecule has 3 aromatic rings. The lowest BCUT2D eigenvalue weighted by atomic mass is 9.95. The number of nitrogens with one attached hydrogen (secondary N) is 1. The van der Waals surface area contributed by atoms with Gasteiger partial charge in [0.15, 0.2) is 11.5 Å². The van der Waals surface area contributed by atoms with Crippen LogP contribution in [-0.4, -0.2) is 41.6 Å². The predicted molar refractivity (Wildman–Crippen MR) is 133 cm³/mol. The van der Waals surface area contributed by atoms with Crippen LogP contribution in [0.1, 0.15) is 33.9 Å². The Bertz CT molecular complexity index is 1200. The van der Waals surface area contributed by atoms with Crippen molar-refractivity contribution in [3.8, 4) is 11.5 Å². The maximum atomic E-state index is 13.3. The van der Waals surface area contributed by atoms with Crippen LogP contribution in [0.25, 0.3) is 0 Å². The van der Waals surface area contributed by atoms with Crippen molar-refractivity contribution in [2.75, 3.05) is 25.2 Å². The number of aromatic nitrogens is 1. The normalized spacial score (nSPS) is 15.4. The van der Waals surface area contributed by atoms with E-state index in [1.165, 1.54) is 0 Å². The number of carbonyl (C=O) groups is 2. The standard InChI is InChI=1S/C25H25N3O4S2/c1-16-26-19(13-33-16)14-34-23-5-3-2-4-20(23)25(30)28-10-8-17(9-11-28)24(29)27-18-6-7-21-22(12-18)32-15-31-21/h2-7,12-13,17H,8-11,14-15H2,1H3,(H,27,29). The minimum absolute atomic E-state index is 0.0205. The van der Waals surface area contributed by atoms with E-state index in [0.29, 0.717) is 48.7 Å². The number of ether oxygens (including phenoxy) is 2. The summed E-state index contributed by atoms with van der Waals surface area (Å²) in [6.07, 6.45) is 1.27. The van der Waals surface area contributed by atoms with Gasteiger partial charge >= 0.3 is 0 Å². The number of anilines is 1. The van der Waals surface area contributed by atoms with Crippen LogP contribution in [0.2, 0.25) is 0 Å². The molecule has 1 fully saturated rings. The van der Waals surface area contributed by atoms with Crippen molar-refractivity contribution in [3.05, 3.63) is 64.1 Å². The molecule has 7 nitrogen and oxygen atoms in total. The highest BCUT2D eigenvalue weighted by Gasteiger charge is 2.29. The fraction of sp³-hybridized carbons (Fsp3) is 0.320. The Morgan fingerprint density at radius 3 is 2.74 bits per heavy atom. The second kappa shape index (κ2) is 10.1. The molecule has 2 aliphatic heterocycles. The Morgan fingerprint density at radius 1 is 1.15 bits per heavy atom. The highest BCUT2D eigenvalue weighted by Crippen LogP contribution is 2.35. The first-order valence-electron chi connectivity index (χ1n) is 11.2. The third-order valence-electron chi connectivity index (χ3n) is 5.95. The van der Waals surface area contributed by atoms with Crippen LogP contribution < -0.4 is 14.8 Å². The molecule has 0 atom stereocenters. The first-order chi connectivity index (χ1) is 16.6. The number of carbonyl (C=O) groups excluding carboxylic acids is 2. The molecule has 1 aromatic heterocycles. The van der Waals surface area contributed by atoms with Crippen molar-refractivity contribution in [2.45, 2.75) is 30.4 Å². The monoisotopic (exact) mass is 495 g/mol. The molecule has 1 saturated heterocycles. The molecule has 0 aliphatic carbocycles. The number of thiazole rings is 1. The molecule has 9 heteroatoms. The number of aryl methyl sites for hydroxylation is 1. The van der Waals surface area contributed by atoms with Gasteiger partial charge in [0.25, 0.3) is 5.91 Å². The molecule has 0 saturated carbocycles. The van der Waals surface area contributed by atoms with Crippen molar-refractivity contribution in [1.29, 1.82) is 0 Å². The second-order valence-corrected chi connectivity index (χ2v) is 10.3. The molecule has 2 aliphatic rings. The van der Waals surface area contributed by atoms with Gasteiger partial charge in [0.2, 0.25) is 12.7 Å². The van der Waals surface area contributed by atoms with Crippen LogP contribution in [0.3, 0.4) is 0 Å². The van der Waals surface area contributed by atoms with E-state index >= 15 is 0 Å². The minimum atomic E-state index is -0.132. The average molecular weight is 496 g/mol. The molecule has 0 unspecified atom stereocenters. The Balaban J connectivity index is 1.17. The van der Waals surface area contributed by atoms with Gasteiger partial charge in [-0.2, -0.15) is 0 Å². The van der Waals surface area contributed by atoms with Gasteiger partial charge in [0.1, 0.15) is 0 Å². The number of nitrogens with zero attached hydrogens (tertiary/aromatic N) is 2. The third-order valence-corrected chi connectivity index (χ3v) is 7.88. The molecule has 0 radical (unpaired) electrons. The Hall–Kier alpha value is -3.04. The number of thioether (sulfide) groups is 1. The zero-order chi connectivity index (χ0) is 23.5. The average Bonchev–Trinajstić information content (AvgIpc) is 3.51. The number of hydrogen-bond acceptors (Lipinski definition) is 7. The SMILES string of the molecule is Cc1nc(CSc2ccccc2C(=O)N2CCC(C(=O)Nc3ccc4c(c3)OCO4)CC2)cs1. The summed E-state index contributed by atoms with van der Waals surface area (Å²) in [5, 5.41) is 6.08. The smallest absolute Gasteiger partial charge is 0.254 e. The molecule has 3 heterocycles. The molecular weight excluding hydrogens is 470 g/mol. The van der Waals surface area contributed by atoms with Gasteiger partial charge in [-0.05, 0) is 44.0 Å². The number of rotatable bonds is 6. The summed E-state index contributed by atoms with van der Waals surface area (Å²) >= 11 is 3.27. The highest BCUT2D eigenvalue weighted by atomic mass is 32.2. The lowest BCUT2D eigenvalue weighted by molar-refractivity contribution is -0.121. The summed E-state index contributed by atoms with van der Waals surface area (Å²) in [5.41, 5.74) is 2.43. The molecule has 0 spiro atoms. The summed E-state index contributed by atoms with van der Waals surface area (Å²) in [4.78, 5) is 33.4. The second-order valence-electron chi connectivity index (χ2n) is 8.27. The first-order valence-corrected chi connectivity index (χ1v) is 13.1. The van der Waals surface area contributed by atoms with E-state index in [1.54, 1.807) is 35.2 Å². The first kappa shape index (κ1) is 22.7. The molecular formula is C25H25N3O4S2. The summed E-state index contributed by atoms with van der Waals surface area (Å²) in [7, 11) is 0. The summed E-state index contributed by atoms with van der Waals surface area (Å²) < 4.78 is 10.7. The molecule has 5 rings (SSSR count). The van der Waals surface area contributed by atoms with E-state index < -0.39 is 0 Å². The van der Waals surface area contributed by atoms with Gasteiger partial charge in [-0.3, -0.25) is 9.59 Å². The van der Waals surface area contributed by atoms with Crippen molar-refractivity contribution >= 4 is 40.6 Å². The number of amides is 2. The van der Waals surface area contributed by atoms with Crippen LogP contribution in [0.5, 0.6) is 11.5 Å². The van der Waals surface area contributed by atoms with E-state index in [9.17, 15) is 9.59 Å². The number of hydrogen-bond donors (Lipinski definition) is 1. The van der Waals surface area contributed by atoms with Crippen LogP contribution in [0, 0.1) is 12.8 Å². The van der Waals surface area contributed by atoms with Crippen molar-refractivity contribution in [1.82, 2.24) is 9.88 Å². The van der Waals surface area contributed by atoms with Crippen molar-refractivity contribution in [3.63, 3.8) is 0 Å². The molecule has 176 valence electrons. The van der Waals surface area contributed by atoms with Crippen LogP contribution in [0.4, 0.5) is 5.69 Å². The van der Waals surface area contributed by atoms with Gasteiger partial charge in [-0.25, -0.2) is 4.98 Å². The molecule has 34 heavy (non-hydrogen) atoms. The molecule has 0 bridgehead atoms. The third kappa shape index (κ3) is 5.05. The maximum Gasteiger partial charge on any atom is 0.254 e. The largest absolute Gasteiger partial charge is 0.454 e. The molecule has 2 amide bonds. The Morgan fingerprint density at radius 2 is 1.94 bits per heavy atom. The molecule has 1 N–H and O–H groups in total. The topological polar surface area (TPSA) is 80.8 Å². The van der Waals surface area contributed by atoms with E-state index in [-0.39, 0.29) is 24.5 Å². The summed E-state index contributed by atoms with van der Waals surface area (Å²) in [6, 6.07) is 13.1. The fourth-order valence-corrected chi connectivity index (χ4v) is 5.78. The van der Waals surface area contributed by atoms with Crippen LogP contribution in [0.15, 0.2) is 52.7 Å². The fourth-order valence-electron chi connectivity index (χ4n) is 4.13. The number of likely N-dealkylation sites (tertiary alicyclic amines) is 1. The van der Waals surface area contributed by atoms with Crippen LogP contribution >= 0.6 is 23.1 Å². The number of benzene rings is 2.